The van der Waals surface area contributed by atoms with Gasteiger partial charge in [-0.25, -0.2) is 0 Å². The molecule has 0 amide bonds. The maximum absolute atomic E-state index is 2.54. The molecule has 0 aromatic rings. The van der Waals surface area contributed by atoms with Crippen molar-refractivity contribution in [2.24, 2.45) is 23.7 Å². The van der Waals surface area contributed by atoms with Crippen LogP contribution in [0.15, 0.2) is 12.2 Å². The zero-order valence-corrected chi connectivity index (χ0v) is 13.4. The fourth-order valence-electron chi connectivity index (χ4n) is 3.88. The molecule has 1 heterocycles. The van der Waals surface area contributed by atoms with E-state index in [1.54, 1.807) is 0 Å². The zero-order chi connectivity index (χ0) is 10.5. The first-order chi connectivity index (χ1) is 7.95. The minimum Gasteiger partial charge on any atom is -0.0879 e. The molecule has 2 saturated carbocycles. The molecule has 1 aliphatic heterocycles. The van der Waals surface area contributed by atoms with E-state index in [-0.39, 0.29) is 0 Å². The zero-order valence-electron chi connectivity index (χ0n) is 8.48. The second-order valence-corrected chi connectivity index (χ2v) is 14.6. The molecule has 0 aromatic heterocycles. The van der Waals surface area contributed by atoms with Crippen LogP contribution in [0.25, 0.3) is 0 Å². The Balaban J connectivity index is 1.61. The van der Waals surface area contributed by atoms with Gasteiger partial charge >= 0.3 is 0 Å². The van der Waals surface area contributed by atoms with Crippen LogP contribution in [0.2, 0.25) is 0 Å². The second-order valence-electron chi connectivity index (χ2n) is 4.86. The third-order valence-electron chi connectivity index (χ3n) is 4.40. The molecule has 3 aliphatic carbocycles. The molecule has 6 atom stereocenters. The molecule has 88 valence electrons. The third-order valence-corrected chi connectivity index (χ3v) is 16.3. The van der Waals surface area contributed by atoms with Gasteiger partial charge in [-0.2, -0.15) is 0 Å². The Hall–Kier alpha value is 1.84. The van der Waals surface area contributed by atoms with Gasteiger partial charge in [0.1, 0.15) is 0 Å². The molecule has 0 radical (unpaired) electrons. The van der Waals surface area contributed by atoms with Crippen molar-refractivity contribution in [1.82, 2.24) is 0 Å². The molecule has 4 aliphatic rings. The topological polar surface area (TPSA) is 0 Å². The first-order valence-electron chi connectivity index (χ1n) is 5.60. The Bertz CT molecular complexity index is 318. The number of rotatable bonds is 0. The average Bonchev–Trinajstić information content (AvgIpc) is 2.86. The van der Waals surface area contributed by atoms with Crippen molar-refractivity contribution in [2.45, 2.75) is 23.3 Å². The van der Waals surface area contributed by atoms with E-state index < -0.39 is 0 Å². The summed E-state index contributed by atoms with van der Waals surface area (Å²) in [4.78, 5) is 0. The average molecular weight is 325 g/mol. The van der Waals surface area contributed by atoms with Crippen molar-refractivity contribution in [3.63, 3.8) is 0 Å². The van der Waals surface area contributed by atoms with Crippen molar-refractivity contribution in [2.75, 3.05) is 0 Å². The van der Waals surface area contributed by atoms with E-state index in [0.717, 1.165) is 34.2 Å². The van der Waals surface area contributed by atoms with E-state index in [4.69, 9.17) is 0 Å². The Morgan fingerprint density at radius 3 is 2.38 bits per heavy atom. The van der Waals surface area contributed by atoms with E-state index >= 15 is 0 Å². The van der Waals surface area contributed by atoms with Gasteiger partial charge < -0.3 is 0 Å². The molecule has 6 heteroatoms. The lowest BCUT2D eigenvalue weighted by atomic mass is 9.81. The highest BCUT2D eigenvalue weighted by atomic mass is 33.9. The summed E-state index contributed by atoms with van der Waals surface area (Å²) < 4.78 is 0. The van der Waals surface area contributed by atoms with Crippen LogP contribution in [-0.2, 0) is 0 Å². The quantitative estimate of drug-likeness (QED) is 0.420. The van der Waals surface area contributed by atoms with Crippen LogP contribution in [-0.4, -0.2) is 10.5 Å². The van der Waals surface area contributed by atoms with Gasteiger partial charge in [0.2, 0.25) is 0 Å². The predicted octanol–water partition coefficient (Wildman–Crippen LogP) is 5.55. The first kappa shape index (κ1) is 11.6. The molecule has 0 N–H and O–H groups in total. The van der Waals surface area contributed by atoms with Crippen molar-refractivity contribution >= 4 is 60.9 Å². The molecule has 0 spiro atoms. The van der Waals surface area contributed by atoms with Gasteiger partial charge in [-0.05, 0) is 75.8 Å². The van der Waals surface area contributed by atoms with Crippen LogP contribution in [0.5, 0.6) is 0 Å². The molecule has 0 nitrogen and oxygen atoms in total. The molecule has 0 aromatic carbocycles. The summed E-state index contributed by atoms with van der Waals surface area (Å²) >= 11 is 0. The summed E-state index contributed by atoms with van der Waals surface area (Å²) in [6.07, 6.45) is 7.88. The van der Waals surface area contributed by atoms with E-state index in [0.29, 0.717) is 0 Å². The minimum absolute atomic E-state index is 0.921. The summed E-state index contributed by atoms with van der Waals surface area (Å²) in [6.45, 7) is 0. The monoisotopic (exact) mass is 324 g/mol. The Morgan fingerprint density at radius 1 is 0.812 bits per heavy atom. The highest BCUT2D eigenvalue weighted by Crippen LogP contribution is 2.69. The number of hydrogen-bond acceptors (Lipinski definition) is 6. The molecule has 3 fully saturated rings. The smallest absolute Gasteiger partial charge is 0.0324 e. The maximum atomic E-state index is 2.54. The molecular weight excluding hydrogens is 313 g/mol. The minimum atomic E-state index is 0.921. The van der Waals surface area contributed by atoms with Crippen molar-refractivity contribution in [1.29, 1.82) is 0 Å². The largest absolute Gasteiger partial charge is 0.0879 e. The number of fused-ring (bicyclic) bond motifs is 8. The third kappa shape index (κ3) is 1.73. The van der Waals surface area contributed by atoms with Gasteiger partial charge in [0.25, 0.3) is 0 Å². The van der Waals surface area contributed by atoms with Crippen LogP contribution in [0.3, 0.4) is 0 Å². The molecule has 1 saturated heterocycles. The van der Waals surface area contributed by atoms with Crippen molar-refractivity contribution < 1.29 is 0 Å². The van der Waals surface area contributed by atoms with E-state index in [2.05, 4.69) is 33.7 Å². The van der Waals surface area contributed by atoms with E-state index in [1.165, 1.54) is 12.8 Å². The molecule has 2 unspecified atom stereocenters. The number of allylic oxidation sites excluding steroid dienone is 2. The molecule has 2 bridgehead atoms. The standard InChI is InChI=1S/C10H12S6/c1-2-5-6(3-1)8-4-7(5)9-10(8)12-14-16-15-13-11-9/h1-2,5-10H,3-4H2/t5-,6+,7+,8-,9?,10?/m0/s1. The second kappa shape index (κ2) is 4.75. The van der Waals surface area contributed by atoms with Gasteiger partial charge in [0.05, 0.1) is 0 Å². The predicted molar refractivity (Wildman–Crippen MR) is 85.5 cm³/mol. The highest BCUT2D eigenvalue weighted by molar-refractivity contribution is 9.42. The van der Waals surface area contributed by atoms with Crippen molar-refractivity contribution in [3.05, 3.63) is 12.2 Å². The Morgan fingerprint density at radius 2 is 1.56 bits per heavy atom. The maximum Gasteiger partial charge on any atom is 0.0324 e. The van der Waals surface area contributed by atoms with Gasteiger partial charge in [0, 0.05) is 10.5 Å². The van der Waals surface area contributed by atoms with Crippen molar-refractivity contribution in [3.8, 4) is 0 Å². The lowest BCUT2D eigenvalue weighted by Crippen LogP contribution is -2.35. The van der Waals surface area contributed by atoms with Crippen LogP contribution in [0.4, 0.5) is 0 Å². The van der Waals surface area contributed by atoms with Crippen LogP contribution >= 0.6 is 60.9 Å². The molecular formula is C10H12S6. The van der Waals surface area contributed by atoms with Crippen LogP contribution < -0.4 is 0 Å². The van der Waals surface area contributed by atoms with Gasteiger partial charge in [-0.15, -0.1) is 0 Å². The fourth-order valence-corrected chi connectivity index (χ4v) is 18.1. The summed E-state index contributed by atoms with van der Waals surface area (Å²) in [5, 5.41) is 1.85. The highest BCUT2D eigenvalue weighted by Gasteiger charge is 2.58. The number of hydrogen-bond donors (Lipinski definition) is 0. The molecule has 16 heavy (non-hydrogen) atoms. The first-order valence-corrected chi connectivity index (χ1v) is 13.2. The summed E-state index contributed by atoms with van der Waals surface area (Å²) in [5.41, 5.74) is 0. The van der Waals surface area contributed by atoms with Crippen LogP contribution in [0.1, 0.15) is 12.8 Å². The van der Waals surface area contributed by atoms with Crippen LogP contribution in [0, 0.1) is 23.7 Å². The van der Waals surface area contributed by atoms with Gasteiger partial charge in [-0.1, -0.05) is 33.7 Å². The lowest BCUT2D eigenvalue weighted by molar-refractivity contribution is 0.300. The Labute approximate surface area is 119 Å². The summed E-state index contributed by atoms with van der Waals surface area (Å²) in [7, 11) is 12.3. The summed E-state index contributed by atoms with van der Waals surface area (Å²) in [5.74, 6) is 3.97. The van der Waals surface area contributed by atoms with Gasteiger partial charge in [0.15, 0.2) is 0 Å². The fraction of sp³-hybridized carbons (Fsp3) is 0.800. The van der Waals surface area contributed by atoms with E-state index in [1.807, 2.05) is 39.3 Å². The van der Waals surface area contributed by atoms with E-state index in [9.17, 15) is 0 Å². The summed E-state index contributed by atoms with van der Waals surface area (Å²) in [6, 6.07) is 0. The SMILES string of the molecule is C1=C[C@H]2[C@@H](C1)[C@@H]1C[C@H]2C2SSSSSSC21. The lowest BCUT2D eigenvalue weighted by Gasteiger charge is -2.37. The van der Waals surface area contributed by atoms with Gasteiger partial charge in [-0.3, -0.25) is 0 Å². The Kier molecular flexibility index (Phi) is 3.45. The normalized spacial score (nSPS) is 54.5. The molecule has 4 rings (SSSR count).